The zero-order chi connectivity index (χ0) is 13.1. The van der Waals surface area contributed by atoms with E-state index in [0.29, 0.717) is 17.0 Å². The summed E-state index contributed by atoms with van der Waals surface area (Å²) in [6, 6.07) is 4.72. The molecule has 0 aliphatic heterocycles. The van der Waals surface area contributed by atoms with Crippen molar-refractivity contribution in [3.05, 3.63) is 23.8 Å². The number of nitrogens with two attached hydrogens (primary N) is 1. The normalized spacial score (nSPS) is 13.5. The second-order valence-electron chi connectivity index (χ2n) is 3.70. The van der Waals surface area contributed by atoms with E-state index < -0.39 is 20.8 Å². The average Bonchev–Trinajstić information content (AvgIpc) is 2.20. The molecule has 0 aromatic heterocycles. The molecule has 0 saturated heterocycles. The summed E-state index contributed by atoms with van der Waals surface area (Å²) in [6.45, 7) is 1.85. The molecule has 0 heterocycles. The number of aryl methyl sites for hydroxylation is 1. The summed E-state index contributed by atoms with van der Waals surface area (Å²) in [5.41, 5.74) is 6.59. The molecule has 1 aromatic carbocycles. The molecule has 7 heteroatoms. The minimum absolute atomic E-state index is 0.152. The molecule has 0 fully saturated rings. The Hall–Kier alpha value is -0.920. The van der Waals surface area contributed by atoms with Crippen molar-refractivity contribution >= 4 is 26.5 Å². The van der Waals surface area contributed by atoms with Gasteiger partial charge >= 0.3 is 0 Å². The number of hydrogen-bond donors (Lipinski definition) is 2. The Bertz CT molecular complexity index is 526. The first kappa shape index (κ1) is 14.1. The van der Waals surface area contributed by atoms with Crippen LogP contribution in [0.2, 0.25) is 0 Å². The molecular formula is C10H16N2O3S2. The largest absolute Gasteiger partial charge is 0.399 e. The van der Waals surface area contributed by atoms with Crippen LogP contribution in [0, 0.1) is 6.92 Å². The number of benzene rings is 1. The van der Waals surface area contributed by atoms with E-state index in [4.69, 9.17) is 5.73 Å². The molecule has 17 heavy (non-hydrogen) atoms. The zero-order valence-corrected chi connectivity index (χ0v) is 11.4. The second kappa shape index (κ2) is 5.61. The number of rotatable bonds is 5. The monoisotopic (exact) mass is 276 g/mol. The Morgan fingerprint density at radius 2 is 2.06 bits per heavy atom. The van der Waals surface area contributed by atoms with Gasteiger partial charge in [0, 0.05) is 35.0 Å². The topological polar surface area (TPSA) is 89.3 Å². The van der Waals surface area contributed by atoms with Crippen LogP contribution in [-0.2, 0) is 20.8 Å². The van der Waals surface area contributed by atoms with E-state index in [2.05, 4.69) is 4.72 Å². The highest BCUT2D eigenvalue weighted by Gasteiger charge is 2.16. The fourth-order valence-electron chi connectivity index (χ4n) is 1.30. The van der Waals surface area contributed by atoms with Crippen LogP contribution in [0.25, 0.3) is 0 Å². The van der Waals surface area contributed by atoms with E-state index in [-0.39, 0.29) is 11.4 Å². The fourth-order valence-corrected chi connectivity index (χ4v) is 3.13. The van der Waals surface area contributed by atoms with Crippen molar-refractivity contribution < 1.29 is 12.6 Å². The van der Waals surface area contributed by atoms with Crippen molar-refractivity contribution in [1.29, 1.82) is 0 Å². The van der Waals surface area contributed by atoms with Gasteiger partial charge in [-0.05, 0) is 24.6 Å². The van der Waals surface area contributed by atoms with Gasteiger partial charge in [-0.25, -0.2) is 13.1 Å². The van der Waals surface area contributed by atoms with Crippen molar-refractivity contribution in [2.45, 2.75) is 11.8 Å². The summed E-state index contributed by atoms with van der Waals surface area (Å²) in [4.78, 5) is 0.166. The third kappa shape index (κ3) is 4.10. The smallest absolute Gasteiger partial charge is 0.240 e. The molecule has 5 nitrogen and oxygen atoms in total. The summed E-state index contributed by atoms with van der Waals surface area (Å²) in [5, 5.41) is 0. The molecule has 0 spiro atoms. The SMILES string of the molecule is Cc1ccc(N)cc1S(=O)(=O)NCCS(C)=O. The fraction of sp³-hybridized carbons (Fsp3) is 0.400. The third-order valence-corrected chi connectivity index (χ3v) is 4.57. The Labute approximate surface area is 104 Å². The lowest BCUT2D eigenvalue weighted by molar-refractivity contribution is 0.583. The minimum atomic E-state index is -3.57. The molecule has 0 aliphatic rings. The zero-order valence-electron chi connectivity index (χ0n) is 9.76. The molecule has 0 saturated carbocycles. The predicted molar refractivity (Wildman–Crippen MR) is 69.7 cm³/mol. The van der Waals surface area contributed by atoms with E-state index in [0.717, 1.165) is 0 Å². The molecule has 0 bridgehead atoms. The summed E-state index contributed by atoms with van der Waals surface area (Å²) in [5.74, 6) is 0.292. The number of sulfonamides is 1. The van der Waals surface area contributed by atoms with Gasteiger partial charge in [-0.2, -0.15) is 0 Å². The van der Waals surface area contributed by atoms with E-state index >= 15 is 0 Å². The van der Waals surface area contributed by atoms with Crippen molar-refractivity contribution in [2.24, 2.45) is 0 Å². The van der Waals surface area contributed by atoms with Gasteiger partial charge in [0.1, 0.15) is 0 Å². The molecule has 96 valence electrons. The average molecular weight is 276 g/mol. The van der Waals surface area contributed by atoms with Crippen molar-refractivity contribution in [3.63, 3.8) is 0 Å². The van der Waals surface area contributed by atoms with Gasteiger partial charge in [-0.1, -0.05) is 6.07 Å². The summed E-state index contributed by atoms with van der Waals surface area (Å²) in [7, 11) is -4.59. The molecule has 1 atom stereocenters. The first-order chi connectivity index (χ1) is 7.83. The van der Waals surface area contributed by atoms with Crippen LogP contribution in [0.3, 0.4) is 0 Å². The number of anilines is 1. The minimum Gasteiger partial charge on any atom is -0.399 e. The van der Waals surface area contributed by atoms with E-state index in [1.807, 2.05) is 0 Å². The highest BCUT2D eigenvalue weighted by Crippen LogP contribution is 2.17. The lowest BCUT2D eigenvalue weighted by Crippen LogP contribution is -2.28. The van der Waals surface area contributed by atoms with Gasteiger partial charge in [0.2, 0.25) is 10.0 Å². The molecular weight excluding hydrogens is 260 g/mol. The molecule has 1 unspecified atom stereocenters. The predicted octanol–water partition coefficient (Wildman–Crippen LogP) is 0.234. The van der Waals surface area contributed by atoms with Gasteiger partial charge in [0.05, 0.1) is 4.90 Å². The number of hydrogen-bond acceptors (Lipinski definition) is 4. The molecule has 0 aliphatic carbocycles. The van der Waals surface area contributed by atoms with Crippen LogP contribution in [0.15, 0.2) is 23.1 Å². The van der Waals surface area contributed by atoms with Gasteiger partial charge in [0.25, 0.3) is 0 Å². The first-order valence-corrected chi connectivity index (χ1v) is 8.20. The van der Waals surface area contributed by atoms with Gasteiger partial charge < -0.3 is 5.73 Å². The Morgan fingerprint density at radius 1 is 1.41 bits per heavy atom. The lowest BCUT2D eigenvalue weighted by atomic mass is 10.2. The van der Waals surface area contributed by atoms with Crippen LogP contribution in [0.1, 0.15) is 5.56 Å². The maximum Gasteiger partial charge on any atom is 0.240 e. The highest BCUT2D eigenvalue weighted by molar-refractivity contribution is 7.89. The van der Waals surface area contributed by atoms with Crippen molar-refractivity contribution in [1.82, 2.24) is 4.72 Å². The summed E-state index contributed by atoms with van der Waals surface area (Å²) < 4.78 is 37.1. The molecule has 0 radical (unpaired) electrons. The second-order valence-corrected chi connectivity index (χ2v) is 6.99. The Kier molecular flexibility index (Phi) is 4.67. The van der Waals surface area contributed by atoms with Gasteiger partial charge in [-0.3, -0.25) is 4.21 Å². The maximum absolute atomic E-state index is 11.9. The van der Waals surface area contributed by atoms with E-state index in [9.17, 15) is 12.6 Å². The van der Waals surface area contributed by atoms with Crippen molar-refractivity contribution in [3.8, 4) is 0 Å². The van der Waals surface area contributed by atoms with Crippen LogP contribution < -0.4 is 10.5 Å². The summed E-state index contributed by atoms with van der Waals surface area (Å²) in [6.07, 6.45) is 1.53. The van der Waals surface area contributed by atoms with Crippen molar-refractivity contribution in [2.75, 3.05) is 24.3 Å². The summed E-state index contributed by atoms with van der Waals surface area (Å²) >= 11 is 0. The van der Waals surface area contributed by atoms with Crippen LogP contribution in [0.4, 0.5) is 5.69 Å². The van der Waals surface area contributed by atoms with Crippen LogP contribution >= 0.6 is 0 Å². The molecule has 3 N–H and O–H groups in total. The van der Waals surface area contributed by atoms with Gasteiger partial charge in [0.15, 0.2) is 0 Å². The van der Waals surface area contributed by atoms with Crippen LogP contribution in [-0.4, -0.2) is 31.2 Å². The third-order valence-electron chi connectivity index (χ3n) is 2.18. The maximum atomic E-state index is 11.9. The molecule has 1 aromatic rings. The molecule has 0 amide bonds. The molecule has 1 rings (SSSR count). The van der Waals surface area contributed by atoms with Crippen LogP contribution in [0.5, 0.6) is 0 Å². The van der Waals surface area contributed by atoms with E-state index in [1.165, 1.54) is 12.3 Å². The quantitative estimate of drug-likeness (QED) is 0.754. The van der Waals surface area contributed by atoms with E-state index in [1.54, 1.807) is 19.1 Å². The highest BCUT2D eigenvalue weighted by atomic mass is 32.2. The number of nitrogen functional groups attached to an aromatic ring is 1. The Balaban J connectivity index is 2.89. The Morgan fingerprint density at radius 3 is 2.65 bits per heavy atom. The number of nitrogens with one attached hydrogen (secondary N) is 1. The first-order valence-electron chi connectivity index (χ1n) is 4.99. The lowest BCUT2D eigenvalue weighted by Gasteiger charge is -2.09. The standard InChI is InChI=1S/C10H16N2O3S2/c1-8-3-4-9(11)7-10(8)17(14,15)12-5-6-16(2)13/h3-4,7,12H,5-6,11H2,1-2H3. The van der Waals surface area contributed by atoms with Gasteiger partial charge in [-0.15, -0.1) is 0 Å².